The molecule has 0 saturated heterocycles. The van der Waals surface area contributed by atoms with E-state index in [1.54, 1.807) is 18.3 Å². The van der Waals surface area contributed by atoms with Gasteiger partial charge in [0, 0.05) is 35.1 Å². The van der Waals surface area contributed by atoms with E-state index < -0.39 is 11.2 Å². The predicted molar refractivity (Wildman–Crippen MR) is 135 cm³/mol. The van der Waals surface area contributed by atoms with E-state index in [2.05, 4.69) is 23.8 Å². The van der Waals surface area contributed by atoms with Crippen molar-refractivity contribution in [2.45, 2.75) is 24.0 Å². The molecule has 0 radical (unpaired) electrons. The Morgan fingerprint density at radius 1 is 1.31 bits per heavy atom. The van der Waals surface area contributed by atoms with Crippen LogP contribution in [-0.2, 0) is 11.2 Å². The van der Waals surface area contributed by atoms with Crippen LogP contribution in [-0.4, -0.2) is 32.7 Å². The largest absolute Gasteiger partial charge is 0.611 e. The number of thiophene rings is 1. The van der Waals surface area contributed by atoms with Crippen LogP contribution in [0.15, 0.2) is 64.8 Å². The number of hydrogen-bond acceptors (Lipinski definition) is 6. The van der Waals surface area contributed by atoms with Gasteiger partial charge in [-0.05, 0) is 46.9 Å². The maximum Gasteiger partial charge on any atom is 0.251 e. The molecule has 1 atom stereocenters. The van der Waals surface area contributed by atoms with E-state index in [1.165, 1.54) is 22.7 Å². The van der Waals surface area contributed by atoms with Gasteiger partial charge < -0.3 is 9.87 Å². The molecule has 0 aliphatic heterocycles. The minimum absolute atomic E-state index is 0.149. The van der Waals surface area contributed by atoms with Crippen molar-refractivity contribution in [2.24, 2.45) is 0 Å². The molecule has 5 nitrogen and oxygen atoms in total. The number of carbonyl (C=O) groups is 1. The Balaban J connectivity index is 1.82. The van der Waals surface area contributed by atoms with Crippen LogP contribution in [0.5, 0.6) is 0 Å². The summed E-state index contributed by atoms with van der Waals surface area (Å²) in [5.74, 6) is 0.501. The summed E-state index contributed by atoms with van der Waals surface area (Å²) in [7, 11) is 0. The van der Waals surface area contributed by atoms with E-state index in [1.807, 2.05) is 35.7 Å². The number of hydrogen-bond donors (Lipinski definition) is 1. The lowest BCUT2D eigenvalue weighted by molar-refractivity contribution is 0.0958. The van der Waals surface area contributed by atoms with Gasteiger partial charge in [-0.15, -0.1) is 17.9 Å². The Morgan fingerprint density at radius 3 is 2.94 bits per heavy atom. The zero-order chi connectivity index (χ0) is 22.5. The highest BCUT2D eigenvalue weighted by Gasteiger charge is 2.20. The lowest BCUT2D eigenvalue weighted by Crippen LogP contribution is -2.23. The van der Waals surface area contributed by atoms with E-state index in [0.29, 0.717) is 17.9 Å². The second-order valence-electron chi connectivity index (χ2n) is 7.16. The second-order valence-corrected chi connectivity index (χ2v) is 10.9. The molecule has 0 saturated carbocycles. The van der Waals surface area contributed by atoms with Gasteiger partial charge in [0.2, 0.25) is 4.21 Å². The van der Waals surface area contributed by atoms with Crippen molar-refractivity contribution in [1.29, 1.82) is 0 Å². The third kappa shape index (κ3) is 4.94. The first kappa shape index (κ1) is 22.7. The lowest BCUT2D eigenvalue weighted by atomic mass is 10.0. The smallest absolute Gasteiger partial charge is 0.251 e. The number of amides is 1. The van der Waals surface area contributed by atoms with Crippen LogP contribution in [0.4, 0.5) is 0 Å². The van der Waals surface area contributed by atoms with E-state index in [9.17, 15) is 9.35 Å². The van der Waals surface area contributed by atoms with Gasteiger partial charge in [0.1, 0.15) is 21.3 Å². The first-order valence-electron chi connectivity index (χ1n) is 10.3. The zero-order valence-corrected chi connectivity index (χ0v) is 20.1. The van der Waals surface area contributed by atoms with Crippen LogP contribution in [0.25, 0.3) is 32.0 Å². The van der Waals surface area contributed by atoms with E-state index in [-0.39, 0.29) is 5.91 Å². The number of carbonyl (C=O) groups excluding carboxylic acids is 1. The van der Waals surface area contributed by atoms with Crippen LogP contribution in [0.3, 0.4) is 0 Å². The van der Waals surface area contributed by atoms with Gasteiger partial charge in [-0.25, -0.2) is 9.97 Å². The van der Waals surface area contributed by atoms with Crippen molar-refractivity contribution in [2.75, 3.05) is 12.3 Å². The van der Waals surface area contributed by atoms with Crippen LogP contribution < -0.4 is 5.32 Å². The van der Waals surface area contributed by atoms with Crippen molar-refractivity contribution in [3.05, 3.63) is 66.2 Å². The monoisotopic (exact) mass is 481 g/mol. The highest BCUT2D eigenvalue weighted by molar-refractivity contribution is 7.93. The van der Waals surface area contributed by atoms with Gasteiger partial charge in [0.15, 0.2) is 0 Å². The average molecular weight is 482 g/mol. The number of rotatable bonds is 9. The molecular weight excluding hydrogens is 458 g/mol. The third-order valence-corrected chi connectivity index (χ3v) is 8.54. The maximum atomic E-state index is 12.8. The highest BCUT2D eigenvalue weighted by atomic mass is 32.2. The summed E-state index contributed by atoms with van der Waals surface area (Å²) in [5.41, 5.74) is 3.21. The summed E-state index contributed by atoms with van der Waals surface area (Å²) in [6, 6.07) is 11.5. The number of pyridine rings is 1. The SMILES string of the molecule is C=CCNC(=O)c1cccc(-c2cc(-c3nccs3)nc3sc([S+]([O-])CCCC)cc23)c1. The standard InChI is InChI=1S/C24H23N3O2S3/c1-3-5-12-32(29)21-15-19-18(14-20(27-23(19)31-21)24-26-10-11-30-24)16-7-6-8-17(13-16)22(28)25-9-4-2/h4,6-8,10-11,13-15H,2-3,5,9,12H2,1H3,(H,25,28). The molecule has 0 spiro atoms. The number of benzene rings is 1. The van der Waals surface area contributed by atoms with Gasteiger partial charge >= 0.3 is 0 Å². The molecule has 3 heterocycles. The normalized spacial score (nSPS) is 12.1. The molecule has 32 heavy (non-hydrogen) atoms. The Kier molecular flexibility index (Phi) is 7.36. The Morgan fingerprint density at radius 2 is 2.19 bits per heavy atom. The third-order valence-electron chi connectivity index (χ3n) is 4.88. The van der Waals surface area contributed by atoms with Crippen molar-refractivity contribution >= 4 is 50.0 Å². The summed E-state index contributed by atoms with van der Waals surface area (Å²) < 4.78 is 13.6. The molecule has 8 heteroatoms. The molecule has 4 aromatic rings. The van der Waals surface area contributed by atoms with Crippen molar-refractivity contribution in [3.8, 4) is 21.8 Å². The number of fused-ring (bicyclic) bond motifs is 1. The minimum atomic E-state index is -1.05. The average Bonchev–Trinajstić information content (AvgIpc) is 3.50. The maximum absolute atomic E-state index is 12.8. The molecule has 1 unspecified atom stereocenters. The van der Waals surface area contributed by atoms with Gasteiger partial charge in [0.05, 0.1) is 0 Å². The lowest BCUT2D eigenvalue weighted by Gasteiger charge is -2.08. The zero-order valence-electron chi connectivity index (χ0n) is 17.7. The summed E-state index contributed by atoms with van der Waals surface area (Å²) in [6.45, 7) is 6.15. The summed E-state index contributed by atoms with van der Waals surface area (Å²) in [4.78, 5) is 22.6. The molecule has 1 amide bonds. The predicted octanol–water partition coefficient (Wildman–Crippen LogP) is 5.91. The Hall–Kier alpha value is -2.52. The molecule has 1 aromatic carbocycles. The van der Waals surface area contributed by atoms with E-state index in [0.717, 1.165) is 49.1 Å². The topological polar surface area (TPSA) is 77.9 Å². The van der Waals surface area contributed by atoms with Crippen molar-refractivity contribution in [1.82, 2.24) is 15.3 Å². The molecule has 3 aromatic heterocycles. The Bertz CT molecular complexity index is 1230. The fourth-order valence-electron chi connectivity index (χ4n) is 3.27. The van der Waals surface area contributed by atoms with Crippen LogP contribution in [0.2, 0.25) is 0 Å². The first-order valence-corrected chi connectivity index (χ1v) is 13.3. The highest BCUT2D eigenvalue weighted by Crippen LogP contribution is 2.38. The first-order chi connectivity index (χ1) is 15.6. The summed E-state index contributed by atoms with van der Waals surface area (Å²) >= 11 is 1.95. The quantitative estimate of drug-likeness (QED) is 0.238. The summed E-state index contributed by atoms with van der Waals surface area (Å²) in [5, 5.41) is 6.51. The van der Waals surface area contributed by atoms with Crippen LogP contribution >= 0.6 is 22.7 Å². The number of nitrogens with one attached hydrogen (secondary N) is 1. The molecule has 4 rings (SSSR count). The van der Waals surface area contributed by atoms with E-state index in [4.69, 9.17) is 4.98 Å². The van der Waals surface area contributed by atoms with Crippen molar-refractivity contribution in [3.63, 3.8) is 0 Å². The second kappa shape index (κ2) is 10.4. The van der Waals surface area contributed by atoms with Crippen molar-refractivity contribution < 1.29 is 9.35 Å². The minimum Gasteiger partial charge on any atom is -0.611 e. The van der Waals surface area contributed by atoms with Crippen LogP contribution in [0, 0.1) is 0 Å². The fourth-order valence-corrected chi connectivity index (χ4v) is 6.52. The van der Waals surface area contributed by atoms with Crippen LogP contribution in [0.1, 0.15) is 30.1 Å². The van der Waals surface area contributed by atoms with Gasteiger partial charge in [-0.1, -0.05) is 42.9 Å². The molecule has 0 fully saturated rings. The molecule has 164 valence electrons. The number of thiazole rings is 1. The van der Waals surface area contributed by atoms with Gasteiger partial charge in [0.25, 0.3) is 5.91 Å². The molecular formula is C24H23N3O2S3. The molecule has 0 aliphatic carbocycles. The molecule has 0 bridgehead atoms. The van der Waals surface area contributed by atoms with Gasteiger partial charge in [-0.2, -0.15) is 0 Å². The molecule has 1 N–H and O–H groups in total. The Labute approximate surface area is 198 Å². The van der Waals surface area contributed by atoms with Gasteiger partial charge in [-0.3, -0.25) is 4.79 Å². The molecule has 0 aliphatic rings. The number of unbranched alkanes of at least 4 members (excludes halogenated alkanes) is 1. The van der Waals surface area contributed by atoms with E-state index >= 15 is 0 Å². The number of aromatic nitrogens is 2. The number of nitrogens with zero attached hydrogens (tertiary/aromatic N) is 2. The summed E-state index contributed by atoms with van der Waals surface area (Å²) in [6.07, 6.45) is 5.35. The fraction of sp³-hybridized carbons (Fsp3) is 0.208.